The molecule has 0 spiro atoms. The summed E-state index contributed by atoms with van der Waals surface area (Å²) in [5.41, 5.74) is 6.50. The molecule has 0 aliphatic heterocycles. The molecule has 2 heterocycles. The van der Waals surface area contributed by atoms with Crippen LogP contribution in [0.4, 0.5) is 0 Å². The second kappa shape index (κ2) is 5.74. The minimum Gasteiger partial charge on any atom is -0.454 e. The van der Waals surface area contributed by atoms with E-state index in [-0.39, 0.29) is 0 Å². The van der Waals surface area contributed by atoms with Crippen LogP contribution in [0.2, 0.25) is 0 Å². The van der Waals surface area contributed by atoms with Gasteiger partial charge in [0.25, 0.3) is 0 Å². The Morgan fingerprint density at radius 2 is 1.23 bits per heavy atom. The van der Waals surface area contributed by atoms with Crippen LogP contribution in [0.1, 0.15) is 0 Å². The highest BCUT2D eigenvalue weighted by molar-refractivity contribution is 6.34. The minimum atomic E-state index is 0.925. The molecule has 2 aromatic heterocycles. The molecule has 0 aliphatic carbocycles. The van der Waals surface area contributed by atoms with Gasteiger partial charge in [-0.15, -0.1) is 0 Å². The summed E-state index contributed by atoms with van der Waals surface area (Å²) in [5, 5.41) is 7.28. The van der Waals surface area contributed by atoms with Gasteiger partial charge in [0.2, 0.25) is 0 Å². The van der Waals surface area contributed by atoms with Crippen LogP contribution < -0.4 is 0 Å². The van der Waals surface area contributed by atoms with E-state index >= 15 is 0 Å². The highest BCUT2D eigenvalue weighted by Crippen LogP contribution is 2.43. The van der Waals surface area contributed by atoms with E-state index in [1.54, 1.807) is 0 Å². The molecule has 140 valence electrons. The molecule has 1 N–H and O–H groups in total. The van der Waals surface area contributed by atoms with Crippen LogP contribution in [0.3, 0.4) is 0 Å². The maximum Gasteiger partial charge on any atom is 0.160 e. The molecule has 0 amide bonds. The third kappa shape index (κ3) is 2.03. The summed E-state index contributed by atoms with van der Waals surface area (Å²) in [6.07, 6.45) is 0. The zero-order valence-electron chi connectivity index (χ0n) is 16.1. The molecule has 0 saturated carbocycles. The van der Waals surface area contributed by atoms with Crippen molar-refractivity contribution in [1.29, 1.82) is 0 Å². The summed E-state index contributed by atoms with van der Waals surface area (Å²) in [4.78, 5) is 3.66. The number of para-hydroxylation sites is 1. The van der Waals surface area contributed by atoms with E-state index in [2.05, 4.69) is 89.9 Å². The lowest BCUT2D eigenvalue weighted by molar-refractivity contribution is 0.672. The summed E-state index contributed by atoms with van der Waals surface area (Å²) in [6, 6.07) is 34.2. The van der Waals surface area contributed by atoms with E-state index < -0.39 is 0 Å². The Labute approximate surface area is 172 Å². The Morgan fingerprint density at radius 1 is 0.533 bits per heavy atom. The lowest BCUT2D eigenvalue weighted by Gasteiger charge is -2.04. The first-order valence-corrected chi connectivity index (χ1v) is 10.2. The molecule has 0 radical (unpaired) electrons. The highest BCUT2D eigenvalue weighted by atomic mass is 16.3. The van der Waals surface area contributed by atoms with Crippen molar-refractivity contribution >= 4 is 54.5 Å². The molecule has 0 aliphatic rings. The van der Waals surface area contributed by atoms with Crippen molar-refractivity contribution in [1.82, 2.24) is 4.98 Å². The van der Waals surface area contributed by atoms with E-state index in [9.17, 15) is 0 Å². The smallest absolute Gasteiger partial charge is 0.160 e. The number of aromatic amines is 1. The summed E-state index contributed by atoms with van der Waals surface area (Å²) >= 11 is 0. The van der Waals surface area contributed by atoms with Crippen LogP contribution in [0.15, 0.2) is 101 Å². The molecule has 7 rings (SSSR count). The fourth-order valence-corrected chi connectivity index (χ4v) is 4.86. The number of H-pyrrole nitrogens is 1. The molecule has 0 saturated heterocycles. The standard InChI is InChI=1S/C28H17NO/c1-2-8-17(9-3-1)18-14-15-23-22(16-18)25-19-10-4-5-11-20(19)26-21-12-6-7-13-24(21)30-28(26)27(25)29-23/h1-16,29H. The molecule has 0 unspecified atom stereocenters. The summed E-state index contributed by atoms with van der Waals surface area (Å²) in [7, 11) is 0. The SMILES string of the molecule is c1ccc(-c2ccc3[nH]c4c5oc6ccccc6c5c5ccccc5c4c3c2)cc1. The number of nitrogens with one attached hydrogen (secondary N) is 1. The largest absolute Gasteiger partial charge is 0.454 e. The van der Waals surface area contributed by atoms with Crippen LogP contribution in [-0.4, -0.2) is 4.98 Å². The maximum atomic E-state index is 6.39. The molecule has 0 atom stereocenters. The molecule has 7 aromatic rings. The molecular formula is C28H17NO. The normalized spacial score (nSPS) is 12.0. The van der Waals surface area contributed by atoms with Crippen LogP contribution in [-0.2, 0) is 0 Å². The summed E-state index contributed by atoms with van der Waals surface area (Å²) < 4.78 is 6.39. The van der Waals surface area contributed by atoms with Crippen molar-refractivity contribution in [3.8, 4) is 11.1 Å². The second-order valence-corrected chi connectivity index (χ2v) is 7.85. The quantitative estimate of drug-likeness (QED) is 0.305. The van der Waals surface area contributed by atoms with Crippen molar-refractivity contribution in [2.45, 2.75) is 0 Å². The van der Waals surface area contributed by atoms with Crippen molar-refractivity contribution in [2.24, 2.45) is 0 Å². The highest BCUT2D eigenvalue weighted by Gasteiger charge is 2.18. The number of rotatable bonds is 1. The van der Waals surface area contributed by atoms with Gasteiger partial charge in [-0.2, -0.15) is 0 Å². The molecule has 2 nitrogen and oxygen atoms in total. The van der Waals surface area contributed by atoms with Crippen molar-refractivity contribution < 1.29 is 4.42 Å². The van der Waals surface area contributed by atoms with Crippen molar-refractivity contribution in [3.63, 3.8) is 0 Å². The molecule has 0 fully saturated rings. The summed E-state index contributed by atoms with van der Waals surface area (Å²) in [5.74, 6) is 0. The molecule has 30 heavy (non-hydrogen) atoms. The molecule has 5 aromatic carbocycles. The van der Waals surface area contributed by atoms with E-state index in [0.717, 1.165) is 27.6 Å². The van der Waals surface area contributed by atoms with Gasteiger partial charge in [0.15, 0.2) is 5.58 Å². The number of furan rings is 1. The Bertz CT molecular complexity index is 1740. The lowest BCUT2D eigenvalue weighted by atomic mass is 9.97. The Hall–Kier alpha value is -4.04. The lowest BCUT2D eigenvalue weighted by Crippen LogP contribution is -1.79. The van der Waals surface area contributed by atoms with E-state index in [4.69, 9.17) is 4.42 Å². The van der Waals surface area contributed by atoms with Crippen LogP contribution >= 0.6 is 0 Å². The fourth-order valence-electron chi connectivity index (χ4n) is 4.86. The van der Waals surface area contributed by atoms with Gasteiger partial charge in [-0.25, -0.2) is 0 Å². The number of aromatic nitrogens is 1. The average Bonchev–Trinajstić information content (AvgIpc) is 3.38. The second-order valence-electron chi connectivity index (χ2n) is 7.85. The third-order valence-electron chi connectivity index (χ3n) is 6.19. The molecule has 0 bridgehead atoms. The first-order chi connectivity index (χ1) is 14.9. The number of hydrogen-bond donors (Lipinski definition) is 1. The van der Waals surface area contributed by atoms with Gasteiger partial charge in [0.1, 0.15) is 5.58 Å². The monoisotopic (exact) mass is 383 g/mol. The number of hydrogen-bond acceptors (Lipinski definition) is 1. The van der Waals surface area contributed by atoms with Gasteiger partial charge >= 0.3 is 0 Å². The third-order valence-corrected chi connectivity index (χ3v) is 6.19. The van der Waals surface area contributed by atoms with Crippen molar-refractivity contribution in [3.05, 3.63) is 97.1 Å². The Balaban J connectivity index is 1.72. The van der Waals surface area contributed by atoms with Crippen molar-refractivity contribution in [2.75, 3.05) is 0 Å². The van der Waals surface area contributed by atoms with E-state index in [1.165, 1.54) is 38.1 Å². The van der Waals surface area contributed by atoms with Gasteiger partial charge in [-0.05, 0) is 40.1 Å². The first-order valence-electron chi connectivity index (χ1n) is 10.2. The molecule has 2 heteroatoms. The maximum absolute atomic E-state index is 6.39. The predicted octanol–water partition coefficient (Wildman–Crippen LogP) is 8.04. The predicted molar refractivity (Wildman–Crippen MR) is 126 cm³/mol. The van der Waals surface area contributed by atoms with Crippen LogP contribution in [0, 0.1) is 0 Å². The zero-order valence-corrected chi connectivity index (χ0v) is 16.1. The zero-order chi connectivity index (χ0) is 19.7. The first kappa shape index (κ1) is 15.8. The van der Waals surface area contributed by atoms with Gasteiger partial charge in [0.05, 0.1) is 5.52 Å². The fraction of sp³-hybridized carbons (Fsp3) is 0. The Morgan fingerprint density at radius 3 is 2.07 bits per heavy atom. The molecular weight excluding hydrogens is 366 g/mol. The summed E-state index contributed by atoms with van der Waals surface area (Å²) in [6.45, 7) is 0. The van der Waals surface area contributed by atoms with Gasteiger partial charge < -0.3 is 9.40 Å². The van der Waals surface area contributed by atoms with Crippen LogP contribution in [0.25, 0.3) is 65.6 Å². The Kier molecular flexibility index (Phi) is 3.03. The number of fused-ring (bicyclic) bond motifs is 10. The van der Waals surface area contributed by atoms with Crippen LogP contribution in [0.5, 0.6) is 0 Å². The topological polar surface area (TPSA) is 28.9 Å². The van der Waals surface area contributed by atoms with Gasteiger partial charge in [0, 0.05) is 27.1 Å². The minimum absolute atomic E-state index is 0.925. The van der Waals surface area contributed by atoms with E-state index in [1.807, 2.05) is 12.1 Å². The number of benzene rings is 5. The van der Waals surface area contributed by atoms with Gasteiger partial charge in [-0.3, -0.25) is 0 Å². The average molecular weight is 383 g/mol. The van der Waals surface area contributed by atoms with E-state index in [0.29, 0.717) is 0 Å². The van der Waals surface area contributed by atoms with Gasteiger partial charge in [-0.1, -0.05) is 78.9 Å².